The maximum atomic E-state index is 14.0. The van der Waals surface area contributed by atoms with Crippen molar-refractivity contribution in [2.75, 3.05) is 13.2 Å². The van der Waals surface area contributed by atoms with Crippen LogP contribution in [0.4, 0.5) is 4.39 Å². The summed E-state index contributed by atoms with van der Waals surface area (Å²) < 4.78 is 48.3. The molecule has 2 heterocycles. The van der Waals surface area contributed by atoms with E-state index in [0.29, 0.717) is 18.8 Å². The van der Waals surface area contributed by atoms with Gasteiger partial charge in [-0.25, -0.2) is 27.2 Å². The zero-order valence-corrected chi connectivity index (χ0v) is 17.3. The molecule has 1 N–H and O–H groups in total. The summed E-state index contributed by atoms with van der Waals surface area (Å²) in [6.07, 6.45) is 2.14. The Morgan fingerprint density at radius 3 is 2.66 bits per heavy atom. The van der Waals surface area contributed by atoms with Crippen LogP contribution in [0.1, 0.15) is 23.9 Å². The molecule has 9 heteroatoms. The van der Waals surface area contributed by atoms with Gasteiger partial charge in [0, 0.05) is 18.4 Å². The maximum Gasteiger partial charge on any atom is 0.240 e. The molecular formula is C20H23FN4O3S. The molecule has 0 atom stereocenters. The van der Waals surface area contributed by atoms with E-state index >= 15 is 0 Å². The lowest BCUT2D eigenvalue weighted by molar-refractivity contribution is 0.321. The summed E-state index contributed by atoms with van der Waals surface area (Å²) >= 11 is 0. The topological polar surface area (TPSA) is 86.1 Å². The van der Waals surface area contributed by atoms with E-state index in [1.165, 1.54) is 12.1 Å². The molecule has 0 amide bonds. The third-order valence-corrected chi connectivity index (χ3v) is 5.95. The van der Waals surface area contributed by atoms with E-state index in [2.05, 4.69) is 14.8 Å². The number of pyridine rings is 1. The number of rotatable bonds is 8. The Bertz CT molecular complexity index is 1100. The number of benzene rings is 1. The van der Waals surface area contributed by atoms with E-state index in [1.54, 1.807) is 17.8 Å². The lowest BCUT2D eigenvalue weighted by Gasteiger charge is -2.09. The maximum absolute atomic E-state index is 14.0. The van der Waals surface area contributed by atoms with Crippen LogP contribution in [0.3, 0.4) is 0 Å². The van der Waals surface area contributed by atoms with Crippen LogP contribution < -0.4 is 9.46 Å². The molecule has 0 fully saturated rings. The summed E-state index contributed by atoms with van der Waals surface area (Å²) in [5.74, 6) is 0.0162. The molecule has 1 aromatic carbocycles. The summed E-state index contributed by atoms with van der Waals surface area (Å²) in [7, 11) is -3.84. The number of aromatic nitrogens is 3. The van der Waals surface area contributed by atoms with E-state index in [0.717, 1.165) is 23.0 Å². The lowest BCUT2D eigenvalue weighted by Crippen LogP contribution is -2.26. The van der Waals surface area contributed by atoms with Gasteiger partial charge in [-0.3, -0.25) is 0 Å². The highest BCUT2D eigenvalue weighted by molar-refractivity contribution is 7.89. The standard InChI is InChI=1S/C20H23FN4O3S/c1-4-28-19-9-8-16(13-18(19)21)29(26,27)23-12-10-17-14(2)24-25(15(17)3)20-7-5-6-11-22-20/h5-9,11,13,23H,4,10,12H2,1-3H3. The summed E-state index contributed by atoms with van der Waals surface area (Å²) in [5, 5.41) is 4.51. The highest BCUT2D eigenvalue weighted by atomic mass is 32.2. The van der Waals surface area contributed by atoms with Crippen molar-refractivity contribution in [1.29, 1.82) is 0 Å². The quantitative estimate of drug-likeness (QED) is 0.608. The minimum atomic E-state index is -3.84. The molecule has 0 aliphatic heterocycles. The predicted octanol–water partition coefficient (Wildman–Crippen LogP) is 2.94. The molecule has 2 aromatic heterocycles. The normalized spacial score (nSPS) is 11.6. The number of aryl methyl sites for hydroxylation is 1. The molecule has 3 rings (SSSR count). The summed E-state index contributed by atoms with van der Waals surface area (Å²) in [5.41, 5.74) is 2.64. The van der Waals surface area contributed by atoms with Crippen molar-refractivity contribution in [1.82, 2.24) is 19.5 Å². The first kappa shape index (κ1) is 20.9. The molecule has 154 valence electrons. The second-order valence-electron chi connectivity index (χ2n) is 6.42. The molecular weight excluding hydrogens is 395 g/mol. The van der Waals surface area contributed by atoms with E-state index in [9.17, 15) is 12.8 Å². The van der Waals surface area contributed by atoms with Gasteiger partial charge >= 0.3 is 0 Å². The largest absolute Gasteiger partial charge is 0.491 e. The fourth-order valence-corrected chi connectivity index (χ4v) is 4.10. The number of nitrogens with one attached hydrogen (secondary N) is 1. The van der Waals surface area contributed by atoms with Crippen LogP contribution in [0.2, 0.25) is 0 Å². The fraction of sp³-hybridized carbons (Fsp3) is 0.300. The average molecular weight is 418 g/mol. The molecule has 0 spiro atoms. The van der Waals surface area contributed by atoms with Gasteiger partial charge in [0.1, 0.15) is 0 Å². The summed E-state index contributed by atoms with van der Waals surface area (Å²) in [6, 6.07) is 9.16. The highest BCUT2D eigenvalue weighted by Gasteiger charge is 2.18. The van der Waals surface area contributed by atoms with Gasteiger partial charge < -0.3 is 4.74 Å². The van der Waals surface area contributed by atoms with Gasteiger partial charge in [0.25, 0.3) is 0 Å². The number of nitrogens with zero attached hydrogens (tertiary/aromatic N) is 3. The minimum absolute atomic E-state index is 0.0274. The third kappa shape index (κ3) is 4.63. The number of hydrogen-bond acceptors (Lipinski definition) is 5. The van der Waals surface area contributed by atoms with Gasteiger partial charge in [-0.05, 0) is 63.1 Å². The van der Waals surface area contributed by atoms with Crippen LogP contribution in [-0.4, -0.2) is 36.3 Å². The molecule has 29 heavy (non-hydrogen) atoms. The van der Waals surface area contributed by atoms with E-state index in [4.69, 9.17) is 4.74 Å². The van der Waals surface area contributed by atoms with Crippen LogP contribution in [-0.2, 0) is 16.4 Å². The van der Waals surface area contributed by atoms with Crippen LogP contribution in [0.15, 0.2) is 47.5 Å². The SMILES string of the molecule is CCOc1ccc(S(=O)(=O)NCCc2c(C)nn(-c3ccccn3)c2C)cc1F. The fourth-order valence-electron chi connectivity index (χ4n) is 3.05. The molecule has 0 saturated heterocycles. The molecule has 3 aromatic rings. The van der Waals surface area contributed by atoms with E-state index < -0.39 is 15.8 Å². The lowest BCUT2D eigenvalue weighted by atomic mass is 10.1. The van der Waals surface area contributed by atoms with Gasteiger partial charge in [0.15, 0.2) is 17.4 Å². The van der Waals surface area contributed by atoms with Gasteiger partial charge in [-0.15, -0.1) is 0 Å². The summed E-state index contributed by atoms with van der Waals surface area (Å²) in [6.45, 7) is 5.98. The Hall–Kier alpha value is -2.78. The number of ether oxygens (including phenoxy) is 1. The van der Waals surface area contributed by atoms with Crippen molar-refractivity contribution >= 4 is 10.0 Å². The third-order valence-electron chi connectivity index (χ3n) is 4.49. The number of sulfonamides is 1. The Morgan fingerprint density at radius 1 is 1.21 bits per heavy atom. The van der Waals surface area contributed by atoms with Crippen molar-refractivity contribution in [2.45, 2.75) is 32.1 Å². The van der Waals surface area contributed by atoms with E-state index in [-0.39, 0.29) is 17.2 Å². The number of hydrogen-bond donors (Lipinski definition) is 1. The Labute approximate surface area is 169 Å². The second-order valence-corrected chi connectivity index (χ2v) is 8.19. The smallest absolute Gasteiger partial charge is 0.240 e. The van der Waals surface area contributed by atoms with Gasteiger partial charge in [0.2, 0.25) is 10.0 Å². The summed E-state index contributed by atoms with van der Waals surface area (Å²) in [4.78, 5) is 4.15. The molecule has 0 aliphatic rings. The first-order chi connectivity index (χ1) is 13.8. The van der Waals surface area contributed by atoms with Gasteiger partial charge in [-0.2, -0.15) is 5.10 Å². The molecule has 0 aliphatic carbocycles. The van der Waals surface area contributed by atoms with Crippen molar-refractivity contribution in [2.24, 2.45) is 0 Å². The Balaban J connectivity index is 1.71. The number of halogens is 1. The zero-order chi connectivity index (χ0) is 21.0. The zero-order valence-electron chi connectivity index (χ0n) is 16.5. The Morgan fingerprint density at radius 2 is 2.00 bits per heavy atom. The molecule has 0 unspecified atom stereocenters. The average Bonchev–Trinajstić information content (AvgIpc) is 2.98. The molecule has 0 radical (unpaired) electrons. The second kappa shape index (κ2) is 8.71. The molecule has 0 saturated carbocycles. The van der Waals surface area contributed by atoms with Gasteiger partial charge in [-0.1, -0.05) is 6.07 Å². The minimum Gasteiger partial charge on any atom is -0.491 e. The molecule has 7 nitrogen and oxygen atoms in total. The first-order valence-corrected chi connectivity index (χ1v) is 10.7. The van der Waals surface area contributed by atoms with Crippen molar-refractivity contribution in [3.63, 3.8) is 0 Å². The Kier molecular flexibility index (Phi) is 6.29. The van der Waals surface area contributed by atoms with Crippen LogP contribution in [0.25, 0.3) is 5.82 Å². The highest BCUT2D eigenvalue weighted by Crippen LogP contribution is 2.21. The molecule has 0 bridgehead atoms. The van der Waals surface area contributed by atoms with Crippen molar-refractivity contribution in [3.05, 3.63) is 65.4 Å². The monoisotopic (exact) mass is 418 g/mol. The van der Waals surface area contributed by atoms with Crippen molar-refractivity contribution < 1.29 is 17.5 Å². The van der Waals surface area contributed by atoms with Crippen LogP contribution >= 0.6 is 0 Å². The van der Waals surface area contributed by atoms with Crippen LogP contribution in [0.5, 0.6) is 5.75 Å². The van der Waals surface area contributed by atoms with Crippen molar-refractivity contribution in [3.8, 4) is 11.6 Å². The van der Waals surface area contributed by atoms with Gasteiger partial charge in [0.05, 0.1) is 17.2 Å². The first-order valence-electron chi connectivity index (χ1n) is 9.22. The van der Waals surface area contributed by atoms with E-state index in [1.807, 2.05) is 32.0 Å². The van der Waals surface area contributed by atoms with Crippen LogP contribution in [0, 0.1) is 19.7 Å². The predicted molar refractivity (Wildman–Crippen MR) is 107 cm³/mol.